The SMILES string of the molecule is O=C(OCC1CO1)c1ccc(C(=O)OCC2CO2)c(C(=O)OCC2CO2)c1C(=O)OCC1CO1. The van der Waals surface area contributed by atoms with E-state index in [1.165, 1.54) is 12.1 Å². The van der Waals surface area contributed by atoms with Crippen LogP contribution in [0.25, 0.3) is 0 Å². The Morgan fingerprint density at radius 2 is 0.824 bits per heavy atom. The predicted molar refractivity (Wildman–Crippen MR) is 107 cm³/mol. The summed E-state index contributed by atoms with van der Waals surface area (Å²) in [5.41, 5.74) is -1.39. The minimum absolute atomic E-state index is 0.0206. The summed E-state index contributed by atoms with van der Waals surface area (Å²) in [6.45, 7) is 1.56. The van der Waals surface area contributed by atoms with Gasteiger partial charge in [0.25, 0.3) is 0 Å². The van der Waals surface area contributed by atoms with Crippen LogP contribution in [0.15, 0.2) is 12.1 Å². The lowest BCUT2D eigenvalue weighted by molar-refractivity contribution is 0.0395. The molecule has 4 heterocycles. The van der Waals surface area contributed by atoms with Gasteiger partial charge in [-0.25, -0.2) is 19.2 Å². The van der Waals surface area contributed by atoms with Crippen LogP contribution < -0.4 is 0 Å². The van der Waals surface area contributed by atoms with E-state index in [-0.39, 0.29) is 62.0 Å². The van der Waals surface area contributed by atoms with Crippen LogP contribution in [0, 0.1) is 0 Å². The summed E-state index contributed by atoms with van der Waals surface area (Å²) < 4.78 is 41.1. The Morgan fingerprint density at radius 3 is 1.09 bits per heavy atom. The zero-order valence-electron chi connectivity index (χ0n) is 18.0. The van der Waals surface area contributed by atoms with Crippen molar-refractivity contribution in [1.29, 1.82) is 0 Å². The van der Waals surface area contributed by atoms with E-state index in [1.54, 1.807) is 0 Å². The average Bonchev–Trinajstić information content (AvgIpc) is 3.65. The van der Waals surface area contributed by atoms with Crippen LogP contribution in [0.5, 0.6) is 0 Å². The van der Waals surface area contributed by atoms with Crippen LogP contribution in [0.4, 0.5) is 0 Å². The van der Waals surface area contributed by atoms with Gasteiger partial charge in [-0.15, -0.1) is 0 Å². The molecule has 4 fully saturated rings. The summed E-state index contributed by atoms with van der Waals surface area (Å²) in [6.07, 6.45) is -0.956. The number of epoxide rings is 4. The Bertz CT molecular complexity index is 909. The molecule has 12 nitrogen and oxygen atoms in total. The van der Waals surface area contributed by atoms with E-state index in [0.29, 0.717) is 26.4 Å². The first kappa shape index (κ1) is 22.7. The van der Waals surface area contributed by atoms with E-state index < -0.39 is 35.0 Å². The number of ether oxygens (including phenoxy) is 8. The van der Waals surface area contributed by atoms with Crippen molar-refractivity contribution in [3.05, 3.63) is 34.4 Å². The average molecular weight is 478 g/mol. The summed E-state index contributed by atoms with van der Waals surface area (Å²) in [4.78, 5) is 51.7. The lowest BCUT2D eigenvalue weighted by Gasteiger charge is -2.16. The van der Waals surface area contributed by atoms with Crippen molar-refractivity contribution in [3.63, 3.8) is 0 Å². The molecule has 4 aliphatic heterocycles. The van der Waals surface area contributed by atoms with Crippen molar-refractivity contribution >= 4 is 23.9 Å². The zero-order chi connectivity index (χ0) is 23.7. The molecule has 5 rings (SSSR count). The third-order valence-corrected chi connectivity index (χ3v) is 5.26. The third-order valence-electron chi connectivity index (χ3n) is 5.26. The highest BCUT2D eigenvalue weighted by atomic mass is 16.6. The van der Waals surface area contributed by atoms with E-state index in [9.17, 15) is 19.2 Å². The zero-order valence-corrected chi connectivity index (χ0v) is 18.0. The first-order valence-corrected chi connectivity index (χ1v) is 10.8. The fourth-order valence-corrected chi connectivity index (χ4v) is 3.00. The van der Waals surface area contributed by atoms with Crippen molar-refractivity contribution in [1.82, 2.24) is 0 Å². The lowest BCUT2D eigenvalue weighted by Crippen LogP contribution is -2.25. The van der Waals surface area contributed by atoms with Crippen LogP contribution in [0.1, 0.15) is 41.4 Å². The lowest BCUT2D eigenvalue weighted by atomic mass is 9.95. The van der Waals surface area contributed by atoms with E-state index in [2.05, 4.69) is 0 Å². The van der Waals surface area contributed by atoms with Gasteiger partial charge in [-0.1, -0.05) is 0 Å². The minimum Gasteiger partial charge on any atom is -0.459 e. The molecule has 4 saturated heterocycles. The maximum atomic E-state index is 13.1. The molecule has 34 heavy (non-hydrogen) atoms. The number of hydrogen-bond acceptors (Lipinski definition) is 12. The molecule has 0 N–H and O–H groups in total. The van der Waals surface area contributed by atoms with Crippen molar-refractivity contribution < 1.29 is 57.1 Å². The number of esters is 4. The molecule has 0 saturated carbocycles. The van der Waals surface area contributed by atoms with Crippen LogP contribution in [-0.2, 0) is 37.9 Å². The van der Waals surface area contributed by atoms with Crippen LogP contribution in [-0.4, -0.2) is 101 Å². The molecule has 182 valence electrons. The topological polar surface area (TPSA) is 155 Å². The molecule has 4 aliphatic rings. The summed E-state index contributed by atoms with van der Waals surface area (Å²) >= 11 is 0. The Kier molecular flexibility index (Phi) is 6.46. The van der Waals surface area contributed by atoms with Crippen molar-refractivity contribution in [2.75, 3.05) is 52.9 Å². The van der Waals surface area contributed by atoms with Gasteiger partial charge < -0.3 is 37.9 Å². The second kappa shape index (κ2) is 9.66. The van der Waals surface area contributed by atoms with E-state index >= 15 is 0 Å². The third kappa shape index (κ3) is 5.89. The first-order valence-electron chi connectivity index (χ1n) is 10.8. The van der Waals surface area contributed by atoms with Gasteiger partial charge in [-0.2, -0.15) is 0 Å². The molecule has 4 atom stereocenters. The van der Waals surface area contributed by atoms with Gasteiger partial charge in [-0.05, 0) is 12.1 Å². The summed E-state index contributed by atoms with van der Waals surface area (Å²) in [7, 11) is 0. The number of carbonyl (C=O) groups excluding carboxylic acids is 4. The Balaban J connectivity index is 1.47. The highest BCUT2D eigenvalue weighted by Crippen LogP contribution is 2.26. The monoisotopic (exact) mass is 478 g/mol. The fraction of sp³-hybridized carbons (Fsp3) is 0.545. The maximum absolute atomic E-state index is 13.1. The standard InChI is InChI=1S/C22H22O12/c23-19(31-7-11-3-27-11)15-1-2-16(20(24)32-8-12-4-28-12)18(22(26)34-10-14-6-30-14)17(15)21(25)33-9-13-5-29-13/h1-2,11-14H,3-10H2. The summed E-state index contributed by atoms with van der Waals surface area (Å²) in [5, 5.41) is 0. The van der Waals surface area contributed by atoms with Gasteiger partial charge in [0.05, 0.1) is 48.7 Å². The number of carbonyl (C=O) groups is 4. The van der Waals surface area contributed by atoms with Crippen molar-refractivity contribution in [3.8, 4) is 0 Å². The molecule has 0 spiro atoms. The van der Waals surface area contributed by atoms with Crippen LogP contribution in [0.3, 0.4) is 0 Å². The fourth-order valence-electron chi connectivity index (χ4n) is 3.00. The molecule has 0 bridgehead atoms. The Morgan fingerprint density at radius 1 is 0.559 bits per heavy atom. The van der Waals surface area contributed by atoms with Gasteiger partial charge in [0.1, 0.15) is 50.8 Å². The Hall–Kier alpha value is -3.06. The molecule has 1 aromatic carbocycles. The molecule has 12 heteroatoms. The maximum Gasteiger partial charge on any atom is 0.340 e. The van der Waals surface area contributed by atoms with Crippen LogP contribution >= 0.6 is 0 Å². The molecule has 0 aromatic heterocycles. The smallest absolute Gasteiger partial charge is 0.340 e. The summed E-state index contributed by atoms with van der Waals surface area (Å²) in [5.74, 6) is -3.76. The largest absolute Gasteiger partial charge is 0.459 e. The highest BCUT2D eigenvalue weighted by molar-refractivity contribution is 6.15. The van der Waals surface area contributed by atoms with Crippen molar-refractivity contribution in [2.45, 2.75) is 24.4 Å². The van der Waals surface area contributed by atoms with Crippen LogP contribution in [0.2, 0.25) is 0 Å². The van der Waals surface area contributed by atoms with Gasteiger partial charge >= 0.3 is 23.9 Å². The normalized spacial score (nSPS) is 25.6. The molecular weight excluding hydrogens is 456 g/mol. The molecule has 1 aromatic rings. The number of rotatable bonds is 12. The quantitative estimate of drug-likeness (QED) is 0.224. The molecular formula is C22H22O12. The van der Waals surface area contributed by atoms with E-state index in [1.807, 2.05) is 0 Å². The second-order valence-electron chi connectivity index (χ2n) is 8.13. The van der Waals surface area contributed by atoms with Gasteiger partial charge in [0, 0.05) is 0 Å². The number of hydrogen-bond donors (Lipinski definition) is 0. The Labute approximate surface area is 193 Å². The molecule has 0 radical (unpaired) electrons. The minimum atomic E-state index is -1.00. The first-order chi connectivity index (χ1) is 16.5. The molecule has 0 aliphatic carbocycles. The predicted octanol–water partition coefficient (Wildman–Crippen LogP) is -0.0910. The molecule has 4 unspecified atom stereocenters. The van der Waals surface area contributed by atoms with Gasteiger partial charge in [0.2, 0.25) is 0 Å². The van der Waals surface area contributed by atoms with E-state index in [4.69, 9.17) is 37.9 Å². The summed E-state index contributed by atoms with van der Waals surface area (Å²) in [6, 6.07) is 2.43. The highest BCUT2D eigenvalue weighted by Gasteiger charge is 2.36. The van der Waals surface area contributed by atoms with Gasteiger partial charge in [-0.3, -0.25) is 0 Å². The molecule has 0 amide bonds. The second-order valence-corrected chi connectivity index (χ2v) is 8.13. The van der Waals surface area contributed by atoms with Crippen molar-refractivity contribution in [2.24, 2.45) is 0 Å². The van der Waals surface area contributed by atoms with E-state index in [0.717, 1.165) is 0 Å². The number of benzene rings is 1. The van der Waals surface area contributed by atoms with Gasteiger partial charge in [0.15, 0.2) is 0 Å².